The third-order valence-corrected chi connectivity index (χ3v) is 5.02. The number of carbonyl (C=O) groups excluding carboxylic acids is 1. The summed E-state index contributed by atoms with van der Waals surface area (Å²) >= 11 is 0. The van der Waals surface area contributed by atoms with E-state index in [1.54, 1.807) is 0 Å². The number of ether oxygens (including phenoxy) is 1. The van der Waals surface area contributed by atoms with E-state index in [1.807, 2.05) is 6.07 Å². The molecule has 0 aliphatic carbocycles. The molecule has 1 heterocycles. The van der Waals surface area contributed by atoms with E-state index >= 15 is 0 Å². The summed E-state index contributed by atoms with van der Waals surface area (Å²) in [5.41, 5.74) is 1.25. The monoisotopic (exact) mass is 502 g/mol. The zero-order chi connectivity index (χ0) is 19.5. The normalized spacial score (nSPS) is 15.0. The van der Waals surface area contributed by atoms with E-state index in [0.717, 1.165) is 64.4 Å². The SMILES string of the molecule is CCNC(=NCCCCN(C)c1ccccc1)N1CCC(C(=O)OC)CC1.I. The third-order valence-electron chi connectivity index (χ3n) is 5.02. The summed E-state index contributed by atoms with van der Waals surface area (Å²) in [5, 5.41) is 3.39. The lowest BCUT2D eigenvalue weighted by atomic mass is 9.97. The number of aliphatic imine (C=N–C) groups is 1. The summed E-state index contributed by atoms with van der Waals surface area (Å²) in [6.07, 6.45) is 3.83. The molecule has 0 aromatic heterocycles. The molecule has 158 valence electrons. The average molecular weight is 502 g/mol. The molecule has 0 amide bonds. The van der Waals surface area contributed by atoms with Gasteiger partial charge in [0.15, 0.2) is 5.96 Å². The number of benzene rings is 1. The van der Waals surface area contributed by atoms with Crippen LogP contribution in [0.5, 0.6) is 0 Å². The van der Waals surface area contributed by atoms with Gasteiger partial charge in [-0.05, 0) is 44.7 Å². The number of hydrogen-bond acceptors (Lipinski definition) is 4. The maximum absolute atomic E-state index is 11.7. The largest absolute Gasteiger partial charge is 0.469 e. The lowest BCUT2D eigenvalue weighted by Gasteiger charge is -2.33. The van der Waals surface area contributed by atoms with E-state index in [4.69, 9.17) is 9.73 Å². The van der Waals surface area contributed by atoms with E-state index in [-0.39, 0.29) is 35.9 Å². The Balaban J connectivity index is 0.00000392. The molecule has 2 rings (SSSR count). The number of carbonyl (C=O) groups is 1. The number of piperidine rings is 1. The van der Waals surface area contributed by atoms with Crippen molar-refractivity contribution in [3.8, 4) is 0 Å². The van der Waals surface area contributed by atoms with Crippen molar-refractivity contribution in [2.45, 2.75) is 32.6 Å². The van der Waals surface area contributed by atoms with Gasteiger partial charge >= 0.3 is 5.97 Å². The summed E-state index contributed by atoms with van der Waals surface area (Å²) in [6, 6.07) is 10.5. The van der Waals surface area contributed by atoms with Gasteiger partial charge in [0.1, 0.15) is 0 Å². The van der Waals surface area contributed by atoms with Gasteiger partial charge in [-0.3, -0.25) is 9.79 Å². The molecule has 0 radical (unpaired) electrons. The predicted octanol–water partition coefficient (Wildman–Crippen LogP) is 3.37. The first-order valence-corrected chi connectivity index (χ1v) is 10.0. The van der Waals surface area contributed by atoms with Gasteiger partial charge in [-0.25, -0.2) is 0 Å². The van der Waals surface area contributed by atoms with Crippen molar-refractivity contribution in [2.75, 3.05) is 51.8 Å². The highest BCUT2D eigenvalue weighted by Gasteiger charge is 2.26. The summed E-state index contributed by atoms with van der Waals surface area (Å²) in [7, 11) is 3.60. The van der Waals surface area contributed by atoms with Gasteiger partial charge in [-0.2, -0.15) is 0 Å². The van der Waals surface area contributed by atoms with Crippen LogP contribution >= 0.6 is 24.0 Å². The van der Waals surface area contributed by atoms with Gasteiger partial charge < -0.3 is 19.9 Å². The highest BCUT2D eigenvalue weighted by Crippen LogP contribution is 2.18. The Morgan fingerprint density at radius 2 is 1.93 bits per heavy atom. The molecule has 1 saturated heterocycles. The molecule has 1 aliphatic heterocycles. The van der Waals surface area contributed by atoms with Crippen molar-refractivity contribution < 1.29 is 9.53 Å². The van der Waals surface area contributed by atoms with Crippen LogP contribution in [-0.4, -0.2) is 63.7 Å². The minimum atomic E-state index is -0.0841. The number of methoxy groups -OCH3 is 1. The maximum Gasteiger partial charge on any atom is 0.308 e. The molecule has 0 saturated carbocycles. The molecule has 1 aliphatic rings. The Morgan fingerprint density at radius 1 is 1.25 bits per heavy atom. The molecule has 0 bridgehead atoms. The lowest BCUT2D eigenvalue weighted by Crippen LogP contribution is -2.46. The molecule has 0 atom stereocenters. The van der Waals surface area contributed by atoms with Crippen molar-refractivity contribution >= 4 is 41.6 Å². The van der Waals surface area contributed by atoms with E-state index in [0.29, 0.717) is 0 Å². The third kappa shape index (κ3) is 7.85. The zero-order valence-corrected chi connectivity index (χ0v) is 19.7. The molecule has 1 aromatic rings. The number of nitrogens with one attached hydrogen (secondary N) is 1. The number of hydrogen-bond donors (Lipinski definition) is 1. The fourth-order valence-corrected chi connectivity index (χ4v) is 3.38. The fraction of sp³-hybridized carbons (Fsp3) is 0.619. The second-order valence-electron chi connectivity index (χ2n) is 6.98. The first-order chi connectivity index (χ1) is 13.2. The van der Waals surface area contributed by atoms with Crippen molar-refractivity contribution in [3.63, 3.8) is 0 Å². The predicted molar refractivity (Wildman–Crippen MR) is 127 cm³/mol. The summed E-state index contributed by atoms with van der Waals surface area (Å²) < 4.78 is 4.87. The number of nitrogens with zero attached hydrogens (tertiary/aromatic N) is 3. The minimum absolute atomic E-state index is 0. The number of halogens is 1. The smallest absolute Gasteiger partial charge is 0.308 e. The van der Waals surface area contributed by atoms with Crippen molar-refractivity contribution in [1.82, 2.24) is 10.2 Å². The molecule has 28 heavy (non-hydrogen) atoms. The maximum atomic E-state index is 11.7. The summed E-state index contributed by atoms with van der Waals surface area (Å²) in [4.78, 5) is 21.0. The van der Waals surface area contributed by atoms with Gasteiger partial charge in [-0.1, -0.05) is 18.2 Å². The van der Waals surface area contributed by atoms with Crippen LogP contribution in [0.15, 0.2) is 35.3 Å². The highest BCUT2D eigenvalue weighted by atomic mass is 127. The van der Waals surface area contributed by atoms with Crippen molar-refractivity contribution in [2.24, 2.45) is 10.9 Å². The summed E-state index contributed by atoms with van der Waals surface area (Å²) in [5.74, 6) is 0.916. The van der Waals surface area contributed by atoms with Gasteiger partial charge in [0, 0.05) is 45.5 Å². The van der Waals surface area contributed by atoms with E-state index in [9.17, 15) is 4.79 Å². The Bertz CT molecular complexity index is 589. The van der Waals surface area contributed by atoms with Gasteiger partial charge in [0.25, 0.3) is 0 Å². The van der Waals surface area contributed by atoms with E-state index in [1.165, 1.54) is 12.8 Å². The van der Waals surface area contributed by atoms with Crippen molar-refractivity contribution in [3.05, 3.63) is 30.3 Å². The molecule has 6 nitrogen and oxygen atoms in total. The first-order valence-electron chi connectivity index (χ1n) is 10.0. The number of esters is 1. The first kappa shape index (κ1) is 24.5. The van der Waals surface area contributed by atoms with Crippen LogP contribution in [0.2, 0.25) is 0 Å². The molecule has 1 N–H and O–H groups in total. The van der Waals surface area contributed by atoms with Crippen LogP contribution in [0.4, 0.5) is 5.69 Å². The molecule has 1 fully saturated rings. The lowest BCUT2D eigenvalue weighted by molar-refractivity contribution is -0.146. The summed E-state index contributed by atoms with van der Waals surface area (Å²) in [6.45, 7) is 6.49. The standard InChI is InChI=1S/C21H34N4O2.HI/c1-4-22-21(25-16-12-18(13-17-25)20(26)27-3)23-14-8-9-15-24(2)19-10-6-5-7-11-19;/h5-7,10-11,18H,4,8-9,12-17H2,1-3H3,(H,22,23);1H. The van der Waals surface area contributed by atoms with Crippen LogP contribution in [0.25, 0.3) is 0 Å². The number of rotatable bonds is 8. The fourth-order valence-electron chi connectivity index (χ4n) is 3.38. The van der Waals surface area contributed by atoms with Crippen LogP contribution in [0, 0.1) is 5.92 Å². The Morgan fingerprint density at radius 3 is 2.54 bits per heavy atom. The average Bonchev–Trinajstić information content (AvgIpc) is 2.72. The quantitative estimate of drug-likeness (QED) is 0.194. The Labute approximate surface area is 186 Å². The van der Waals surface area contributed by atoms with Gasteiger partial charge in [0.05, 0.1) is 13.0 Å². The number of likely N-dealkylation sites (tertiary alicyclic amines) is 1. The number of para-hydroxylation sites is 1. The zero-order valence-electron chi connectivity index (χ0n) is 17.4. The van der Waals surface area contributed by atoms with Crippen molar-refractivity contribution in [1.29, 1.82) is 0 Å². The second kappa shape index (κ2) is 13.6. The number of unbranched alkanes of at least 4 members (excludes halogenated alkanes) is 1. The molecule has 1 aromatic carbocycles. The molecule has 0 spiro atoms. The van der Waals surface area contributed by atoms with Gasteiger partial charge in [-0.15, -0.1) is 24.0 Å². The van der Waals surface area contributed by atoms with Gasteiger partial charge in [0.2, 0.25) is 0 Å². The second-order valence-corrected chi connectivity index (χ2v) is 6.98. The minimum Gasteiger partial charge on any atom is -0.469 e. The number of guanidine groups is 1. The Hall–Kier alpha value is -1.51. The molecule has 0 unspecified atom stereocenters. The Kier molecular flexibility index (Phi) is 11.9. The molecule has 7 heteroatoms. The van der Waals surface area contributed by atoms with E-state index < -0.39 is 0 Å². The topological polar surface area (TPSA) is 57.2 Å². The molecular weight excluding hydrogens is 467 g/mol. The van der Waals surface area contributed by atoms with Crippen LogP contribution in [-0.2, 0) is 9.53 Å². The molecular formula is C21H35IN4O2. The highest BCUT2D eigenvalue weighted by molar-refractivity contribution is 14.0. The number of anilines is 1. The van der Waals surface area contributed by atoms with Crippen LogP contribution in [0.1, 0.15) is 32.6 Å². The van der Waals surface area contributed by atoms with Crippen LogP contribution < -0.4 is 10.2 Å². The van der Waals surface area contributed by atoms with Crippen LogP contribution in [0.3, 0.4) is 0 Å². The van der Waals surface area contributed by atoms with E-state index in [2.05, 4.69) is 53.4 Å².